The number of thioether (sulfide) groups is 1. The fourth-order valence-corrected chi connectivity index (χ4v) is 5.62. The molecule has 2 aromatic carbocycles. The molecule has 2 aliphatic rings. The molecule has 0 saturated carbocycles. The Morgan fingerprint density at radius 3 is 2.45 bits per heavy atom. The summed E-state index contributed by atoms with van der Waals surface area (Å²) in [6, 6.07) is 17.6. The van der Waals surface area contributed by atoms with Gasteiger partial charge in [-0.2, -0.15) is 17.8 Å². The first-order chi connectivity index (χ1) is 15.0. The first-order valence-corrected chi connectivity index (χ1v) is 12.9. The van der Waals surface area contributed by atoms with Crippen LogP contribution in [0.2, 0.25) is 5.02 Å². The van der Waals surface area contributed by atoms with Crippen LogP contribution in [0.4, 0.5) is 0 Å². The van der Waals surface area contributed by atoms with Gasteiger partial charge < -0.3 is 4.74 Å². The van der Waals surface area contributed by atoms with E-state index in [1.807, 2.05) is 42.5 Å². The zero-order valence-corrected chi connectivity index (χ0v) is 19.4. The Morgan fingerprint density at radius 1 is 1.13 bits per heavy atom. The maximum atomic E-state index is 12.8. The topological polar surface area (TPSA) is 74.6 Å². The van der Waals surface area contributed by atoms with Crippen LogP contribution in [0.1, 0.15) is 17.0 Å². The Morgan fingerprint density at radius 2 is 1.81 bits per heavy atom. The highest BCUT2D eigenvalue weighted by molar-refractivity contribution is 8.13. The highest BCUT2D eigenvalue weighted by atomic mass is 35.5. The highest BCUT2D eigenvalue weighted by Gasteiger charge is 2.33. The molecule has 0 N–H and O–H groups in total. The van der Waals surface area contributed by atoms with Crippen LogP contribution in [0.25, 0.3) is 0 Å². The Labute approximate surface area is 191 Å². The van der Waals surface area contributed by atoms with Crippen LogP contribution in [0.15, 0.2) is 64.1 Å². The lowest BCUT2D eigenvalue weighted by Gasteiger charge is -2.24. The predicted octanol–water partition coefficient (Wildman–Crippen LogP) is 3.44. The van der Waals surface area contributed by atoms with Crippen molar-refractivity contribution in [1.29, 1.82) is 0 Å². The number of nitrogens with zero attached hydrogens (tertiary/aromatic N) is 4. The lowest BCUT2D eigenvalue weighted by atomic mass is 9.91. The van der Waals surface area contributed by atoms with Crippen LogP contribution in [0, 0.1) is 0 Å². The molecular formula is C21H23ClN4O3S2. The predicted molar refractivity (Wildman–Crippen MR) is 126 cm³/mol. The second-order valence-electron chi connectivity index (χ2n) is 7.10. The highest BCUT2D eigenvalue weighted by Crippen LogP contribution is 2.31. The van der Waals surface area contributed by atoms with Crippen molar-refractivity contribution in [2.75, 3.05) is 39.1 Å². The summed E-state index contributed by atoms with van der Waals surface area (Å²) in [6.07, 6.45) is 1.81. The molecule has 0 radical (unpaired) electrons. The standard InChI is InChI=1S/C21H23ClN4O3S2/c1-30-21(24-31(27,28)25-11-13-29-14-12-25)26-15-19(16-5-3-2-4-6-16)20(23-26)17-7-9-18(22)10-8-17/h2-10,19H,11-15H2,1H3/b24-21-. The van der Waals surface area contributed by atoms with Crippen LogP contribution in [-0.2, 0) is 14.9 Å². The lowest BCUT2D eigenvalue weighted by molar-refractivity contribution is 0.0730. The Balaban J connectivity index is 1.69. The summed E-state index contributed by atoms with van der Waals surface area (Å²) in [6.45, 7) is 1.86. The van der Waals surface area contributed by atoms with Gasteiger partial charge in [0, 0.05) is 24.0 Å². The smallest absolute Gasteiger partial charge is 0.324 e. The van der Waals surface area contributed by atoms with Gasteiger partial charge in [0.15, 0.2) is 5.17 Å². The Hall–Kier alpha value is -1.91. The summed E-state index contributed by atoms with van der Waals surface area (Å²) >= 11 is 7.33. The SMILES string of the molecule is CS/C(=N\S(=O)(=O)N1CCOCC1)N1CC(c2ccccc2)C(c2ccc(Cl)cc2)=N1. The van der Waals surface area contributed by atoms with Crippen LogP contribution >= 0.6 is 23.4 Å². The van der Waals surface area contributed by atoms with E-state index in [4.69, 9.17) is 21.4 Å². The third-order valence-corrected chi connectivity index (χ3v) is 7.61. The number of halogens is 1. The minimum Gasteiger partial charge on any atom is -0.379 e. The first kappa shape index (κ1) is 22.3. The fraction of sp³-hybridized carbons (Fsp3) is 0.333. The van der Waals surface area contributed by atoms with Crippen molar-refractivity contribution in [1.82, 2.24) is 9.31 Å². The molecule has 0 aromatic heterocycles. The molecule has 2 aliphatic heterocycles. The van der Waals surface area contributed by atoms with Crippen molar-refractivity contribution in [2.24, 2.45) is 9.50 Å². The third kappa shape index (κ3) is 5.12. The number of hydrazone groups is 1. The maximum absolute atomic E-state index is 12.8. The van der Waals surface area contributed by atoms with Crippen LogP contribution < -0.4 is 0 Å². The first-order valence-electron chi connectivity index (χ1n) is 9.86. The number of benzene rings is 2. The molecule has 1 unspecified atom stereocenters. The van der Waals surface area contributed by atoms with Gasteiger partial charge in [0.25, 0.3) is 0 Å². The van der Waals surface area contributed by atoms with Crippen LogP contribution in [-0.4, -0.2) is 67.7 Å². The normalized spacial score (nSPS) is 20.7. The minimum atomic E-state index is -3.81. The van der Waals surface area contributed by atoms with Gasteiger partial charge in [-0.05, 0) is 29.5 Å². The van der Waals surface area contributed by atoms with Gasteiger partial charge in [-0.15, -0.1) is 4.40 Å². The minimum absolute atomic E-state index is 0.0224. The number of rotatable bonds is 4. The number of hydrogen-bond donors (Lipinski definition) is 0. The molecule has 4 rings (SSSR count). The molecule has 10 heteroatoms. The van der Waals surface area contributed by atoms with E-state index in [9.17, 15) is 8.42 Å². The molecule has 2 heterocycles. The van der Waals surface area contributed by atoms with E-state index < -0.39 is 10.2 Å². The van der Waals surface area contributed by atoms with Gasteiger partial charge in [-0.25, -0.2) is 5.01 Å². The Kier molecular flexibility index (Phi) is 6.98. The lowest BCUT2D eigenvalue weighted by Crippen LogP contribution is -2.40. The van der Waals surface area contributed by atoms with Crippen LogP contribution in [0.3, 0.4) is 0 Å². The molecule has 0 amide bonds. The molecule has 1 saturated heterocycles. The largest absolute Gasteiger partial charge is 0.379 e. The van der Waals surface area contributed by atoms with Crippen molar-refractivity contribution >= 4 is 44.5 Å². The summed E-state index contributed by atoms with van der Waals surface area (Å²) in [4.78, 5) is 0. The van der Waals surface area contributed by atoms with Crippen molar-refractivity contribution in [3.05, 3.63) is 70.7 Å². The molecule has 164 valence electrons. The van der Waals surface area contributed by atoms with Crippen LogP contribution in [0.5, 0.6) is 0 Å². The number of amidine groups is 1. The van der Waals surface area contributed by atoms with Gasteiger partial charge in [0.1, 0.15) is 0 Å². The molecule has 0 aliphatic carbocycles. The van der Waals surface area contributed by atoms with Crippen molar-refractivity contribution in [3.8, 4) is 0 Å². The number of hydrogen-bond acceptors (Lipinski definition) is 5. The van der Waals surface area contributed by atoms with Gasteiger partial charge in [0.05, 0.1) is 25.5 Å². The molecule has 7 nitrogen and oxygen atoms in total. The number of ether oxygens (including phenoxy) is 1. The van der Waals surface area contributed by atoms with Gasteiger partial charge >= 0.3 is 10.2 Å². The second kappa shape index (κ2) is 9.70. The van der Waals surface area contributed by atoms with E-state index >= 15 is 0 Å². The average molecular weight is 479 g/mol. The quantitative estimate of drug-likeness (QED) is 0.497. The number of morpholine rings is 1. The van der Waals surface area contributed by atoms with Crippen molar-refractivity contribution < 1.29 is 13.2 Å². The maximum Gasteiger partial charge on any atom is 0.324 e. The third-order valence-electron chi connectivity index (χ3n) is 5.15. The molecule has 0 spiro atoms. The zero-order chi connectivity index (χ0) is 21.8. The van der Waals surface area contributed by atoms with E-state index in [0.717, 1.165) is 16.8 Å². The van der Waals surface area contributed by atoms with Gasteiger partial charge in [-0.3, -0.25) is 0 Å². The van der Waals surface area contributed by atoms with E-state index in [0.29, 0.717) is 43.0 Å². The van der Waals surface area contributed by atoms with E-state index in [1.54, 1.807) is 11.3 Å². The molecule has 1 atom stereocenters. The molecule has 2 aromatic rings. The Bertz CT molecular complexity index is 1070. The fourth-order valence-electron chi connectivity index (χ4n) is 3.57. The molecule has 31 heavy (non-hydrogen) atoms. The van der Waals surface area contributed by atoms with Gasteiger partial charge in [-0.1, -0.05) is 65.8 Å². The molecule has 0 bridgehead atoms. The average Bonchev–Trinajstić information content (AvgIpc) is 3.24. The summed E-state index contributed by atoms with van der Waals surface area (Å²) in [5.74, 6) is -0.0224. The molecule has 1 fully saturated rings. The van der Waals surface area contributed by atoms with Crippen molar-refractivity contribution in [2.45, 2.75) is 5.92 Å². The summed E-state index contributed by atoms with van der Waals surface area (Å²) in [5.41, 5.74) is 2.90. The van der Waals surface area contributed by atoms with Gasteiger partial charge in [0.2, 0.25) is 0 Å². The molecular weight excluding hydrogens is 456 g/mol. The second-order valence-corrected chi connectivity index (χ2v) is 9.91. The van der Waals surface area contributed by atoms with Crippen molar-refractivity contribution in [3.63, 3.8) is 0 Å². The van der Waals surface area contributed by atoms with E-state index in [2.05, 4.69) is 16.5 Å². The monoisotopic (exact) mass is 478 g/mol. The summed E-state index contributed by atoms with van der Waals surface area (Å²) in [7, 11) is -3.81. The van der Waals surface area contributed by atoms with E-state index in [-0.39, 0.29) is 5.92 Å². The summed E-state index contributed by atoms with van der Waals surface area (Å²) in [5, 5.41) is 7.47. The van der Waals surface area contributed by atoms with E-state index in [1.165, 1.54) is 16.1 Å². The zero-order valence-electron chi connectivity index (χ0n) is 17.0. The summed E-state index contributed by atoms with van der Waals surface area (Å²) < 4.78 is 36.4.